The number of anilines is 1. The number of hydrogen-bond acceptors (Lipinski definition) is 6. The molecule has 0 aliphatic heterocycles. The summed E-state index contributed by atoms with van der Waals surface area (Å²) in [6, 6.07) is 18.6. The van der Waals surface area contributed by atoms with Crippen molar-refractivity contribution < 1.29 is 18.7 Å². The largest absolute Gasteiger partial charge is 0.497 e. The fraction of sp³-hybridized carbons (Fsp3) is 0.174. The van der Waals surface area contributed by atoms with Gasteiger partial charge in [-0.2, -0.15) is 0 Å². The molecule has 31 heavy (non-hydrogen) atoms. The van der Waals surface area contributed by atoms with Crippen molar-refractivity contribution in [3.63, 3.8) is 0 Å². The third kappa shape index (κ3) is 5.30. The highest BCUT2D eigenvalue weighted by atomic mass is 16.5. The first kappa shape index (κ1) is 20.2. The lowest BCUT2D eigenvalue weighted by atomic mass is 10.1. The number of carbonyl (C=O) groups excluding carboxylic acids is 1. The fourth-order valence-electron chi connectivity index (χ4n) is 2.99. The van der Waals surface area contributed by atoms with E-state index >= 15 is 0 Å². The Morgan fingerprint density at radius 1 is 1.10 bits per heavy atom. The summed E-state index contributed by atoms with van der Waals surface area (Å²) in [5.41, 5.74) is 2.28. The van der Waals surface area contributed by atoms with Crippen molar-refractivity contribution >= 4 is 11.9 Å². The second-order valence-electron chi connectivity index (χ2n) is 6.94. The lowest BCUT2D eigenvalue weighted by molar-refractivity contribution is 0.0991. The fourth-order valence-corrected chi connectivity index (χ4v) is 2.99. The van der Waals surface area contributed by atoms with Gasteiger partial charge >= 0.3 is 0 Å². The van der Waals surface area contributed by atoms with Crippen LogP contribution in [-0.2, 0) is 13.2 Å². The number of amides is 1. The van der Waals surface area contributed by atoms with E-state index in [1.807, 2.05) is 25.1 Å². The molecule has 8 nitrogen and oxygen atoms in total. The molecule has 8 heteroatoms. The van der Waals surface area contributed by atoms with Crippen LogP contribution >= 0.6 is 0 Å². The number of methoxy groups -OCH3 is 1. The second-order valence-corrected chi connectivity index (χ2v) is 6.94. The summed E-state index contributed by atoms with van der Waals surface area (Å²) in [6.45, 7) is 2.80. The van der Waals surface area contributed by atoms with Crippen molar-refractivity contribution in [2.24, 2.45) is 0 Å². The molecule has 1 amide bonds. The zero-order valence-electron chi connectivity index (χ0n) is 17.2. The topological polar surface area (TPSA) is 91.4 Å². The van der Waals surface area contributed by atoms with Gasteiger partial charge in [0.15, 0.2) is 5.76 Å². The molecule has 0 bridgehead atoms. The van der Waals surface area contributed by atoms with Gasteiger partial charge in [0.25, 0.3) is 5.91 Å². The molecule has 2 aromatic heterocycles. The number of furan rings is 1. The molecule has 2 aromatic carbocycles. The summed E-state index contributed by atoms with van der Waals surface area (Å²) in [7, 11) is 1.61. The molecule has 4 aromatic rings. The summed E-state index contributed by atoms with van der Waals surface area (Å²) in [5.74, 6) is 1.89. The predicted molar refractivity (Wildman–Crippen MR) is 114 cm³/mol. The van der Waals surface area contributed by atoms with Crippen molar-refractivity contribution in [2.75, 3.05) is 12.4 Å². The van der Waals surface area contributed by atoms with E-state index in [0.29, 0.717) is 18.1 Å². The van der Waals surface area contributed by atoms with E-state index in [1.165, 1.54) is 5.56 Å². The van der Waals surface area contributed by atoms with Crippen LogP contribution in [0.2, 0.25) is 0 Å². The normalized spacial score (nSPS) is 10.6. The summed E-state index contributed by atoms with van der Waals surface area (Å²) >= 11 is 0. The third-order valence-electron chi connectivity index (χ3n) is 4.51. The minimum atomic E-state index is -0.427. The molecule has 0 fully saturated rings. The Balaban J connectivity index is 1.32. The number of aryl methyl sites for hydroxylation is 1. The van der Waals surface area contributed by atoms with Crippen molar-refractivity contribution in [1.82, 2.24) is 14.8 Å². The highest BCUT2D eigenvalue weighted by Gasteiger charge is 2.14. The summed E-state index contributed by atoms with van der Waals surface area (Å²) in [5, 5.41) is 6.94. The van der Waals surface area contributed by atoms with Crippen molar-refractivity contribution in [1.29, 1.82) is 0 Å². The molecule has 2 heterocycles. The van der Waals surface area contributed by atoms with E-state index in [4.69, 9.17) is 13.9 Å². The number of nitrogens with zero attached hydrogens (tertiary/aromatic N) is 3. The van der Waals surface area contributed by atoms with Crippen molar-refractivity contribution in [3.8, 4) is 11.5 Å². The Kier molecular flexibility index (Phi) is 5.98. The second kappa shape index (κ2) is 9.17. The number of benzene rings is 2. The number of ether oxygens (including phenoxy) is 2. The molecule has 0 aliphatic rings. The van der Waals surface area contributed by atoms with E-state index in [1.54, 1.807) is 54.5 Å². The first-order valence-electron chi connectivity index (χ1n) is 9.71. The van der Waals surface area contributed by atoms with E-state index in [-0.39, 0.29) is 18.3 Å². The zero-order chi connectivity index (χ0) is 21.6. The van der Waals surface area contributed by atoms with Gasteiger partial charge in [-0.3, -0.25) is 10.1 Å². The summed E-state index contributed by atoms with van der Waals surface area (Å²) < 4.78 is 18.0. The molecule has 1 N–H and O–H groups in total. The van der Waals surface area contributed by atoms with Gasteiger partial charge in [-0.1, -0.05) is 29.8 Å². The molecule has 0 saturated heterocycles. The average Bonchev–Trinajstić information content (AvgIpc) is 3.42. The van der Waals surface area contributed by atoms with Crippen LogP contribution in [0.4, 0.5) is 5.95 Å². The number of rotatable bonds is 8. The van der Waals surface area contributed by atoms with Crippen LogP contribution in [-0.4, -0.2) is 27.8 Å². The van der Waals surface area contributed by atoms with Crippen LogP contribution < -0.4 is 14.8 Å². The lowest BCUT2D eigenvalue weighted by Crippen LogP contribution is -2.12. The van der Waals surface area contributed by atoms with Gasteiger partial charge in [-0.25, -0.2) is 9.67 Å². The van der Waals surface area contributed by atoms with Crippen LogP contribution in [0.25, 0.3) is 0 Å². The number of hydrogen-bond donors (Lipinski definition) is 1. The Labute approximate surface area is 179 Å². The first-order chi connectivity index (χ1) is 15.1. The molecule has 0 atom stereocenters. The van der Waals surface area contributed by atoms with Crippen LogP contribution in [0.3, 0.4) is 0 Å². The molecule has 0 spiro atoms. The number of carbonyl (C=O) groups is 1. The highest BCUT2D eigenvalue weighted by molar-refractivity contribution is 6.01. The predicted octanol–water partition coefficient (Wildman–Crippen LogP) is 4.07. The zero-order valence-corrected chi connectivity index (χ0v) is 17.2. The van der Waals surface area contributed by atoms with Gasteiger partial charge in [0.2, 0.25) is 5.95 Å². The minimum absolute atomic E-state index is 0.156. The first-order valence-corrected chi connectivity index (χ1v) is 9.71. The maximum Gasteiger partial charge on any atom is 0.293 e. The lowest BCUT2D eigenvalue weighted by Gasteiger charge is -2.05. The molecule has 4 rings (SSSR count). The number of nitrogens with one attached hydrogen (secondary N) is 1. The van der Waals surface area contributed by atoms with Crippen molar-refractivity contribution in [2.45, 2.75) is 20.1 Å². The van der Waals surface area contributed by atoms with E-state index < -0.39 is 5.91 Å². The van der Waals surface area contributed by atoms with Crippen LogP contribution in [0.1, 0.15) is 27.4 Å². The third-order valence-corrected chi connectivity index (χ3v) is 4.51. The molecular formula is C23H22N4O4. The number of aromatic nitrogens is 3. The van der Waals surface area contributed by atoms with Crippen LogP contribution in [0, 0.1) is 6.92 Å². The Bertz CT molecular complexity index is 1160. The van der Waals surface area contributed by atoms with E-state index in [2.05, 4.69) is 21.5 Å². The van der Waals surface area contributed by atoms with Crippen molar-refractivity contribution in [3.05, 3.63) is 89.6 Å². The average molecular weight is 418 g/mol. The highest BCUT2D eigenvalue weighted by Crippen LogP contribution is 2.19. The summed E-state index contributed by atoms with van der Waals surface area (Å²) in [6.07, 6.45) is 1.58. The maximum atomic E-state index is 12.4. The Morgan fingerprint density at radius 3 is 2.68 bits per heavy atom. The molecular weight excluding hydrogens is 396 g/mol. The molecule has 0 aliphatic carbocycles. The van der Waals surface area contributed by atoms with Gasteiger partial charge < -0.3 is 13.9 Å². The Morgan fingerprint density at radius 2 is 1.90 bits per heavy atom. The molecule has 158 valence electrons. The van der Waals surface area contributed by atoms with Gasteiger partial charge in [0.05, 0.1) is 13.7 Å². The van der Waals surface area contributed by atoms with E-state index in [9.17, 15) is 4.79 Å². The van der Waals surface area contributed by atoms with Gasteiger partial charge in [0, 0.05) is 0 Å². The standard InChI is InChI=1S/C23H22N4O4/c1-16-4-3-5-17(12-16)13-27-15-24-23(26-27)25-22(28)21-11-10-20(31-21)14-30-19-8-6-18(29-2)7-9-19/h3-12,15H,13-14H2,1-2H3,(H,25,26,28). The quantitative estimate of drug-likeness (QED) is 0.464. The van der Waals surface area contributed by atoms with Crippen LogP contribution in [0.5, 0.6) is 11.5 Å². The van der Waals surface area contributed by atoms with E-state index in [0.717, 1.165) is 11.3 Å². The maximum absolute atomic E-state index is 12.4. The molecule has 0 saturated carbocycles. The van der Waals surface area contributed by atoms with Gasteiger partial charge in [0.1, 0.15) is 30.2 Å². The minimum Gasteiger partial charge on any atom is -0.497 e. The smallest absolute Gasteiger partial charge is 0.293 e. The van der Waals surface area contributed by atoms with Gasteiger partial charge in [-0.15, -0.1) is 5.10 Å². The van der Waals surface area contributed by atoms with Gasteiger partial charge in [-0.05, 0) is 48.9 Å². The summed E-state index contributed by atoms with van der Waals surface area (Å²) in [4.78, 5) is 16.6. The van der Waals surface area contributed by atoms with Crippen LogP contribution in [0.15, 0.2) is 71.4 Å². The Hall–Kier alpha value is -4.07. The molecule has 0 unspecified atom stereocenters. The monoisotopic (exact) mass is 418 g/mol. The SMILES string of the molecule is COc1ccc(OCc2ccc(C(=O)Nc3ncn(Cc4cccc(C)c4)n3)o2)cc1. The molecule has 0 radical (unpaired) electrons.